The van der Waals surface area contributed by atoms with Gasteiger partial charge in [-0.05, 0) is 24.9 Å². The minimum absolute atomic E-state index is 0.614. The topological polar surface area (TPSA) is 68.2 Å². The van der Waals surface area contributed by atoms with Crippen LogP contribution in [0.25, 0.3) is 5.65 Å². The first-order valence-electron chi connectivity index (χ1n) is 6.07. The van der Waals surface area contributed by atoms with Crippen LogP contribution in [-0.2, 0) is 0 Å². The molecule has 92 valence electrons. The van der Waals surface area contributed by atoms with E-state index in [2.05, 4.69) is 22.3 Å². The van der Waals surface area contributed by atoms with E-state index in [0.717, 1.165) is 37.4 Å². The van der Waals surface area contributed by atoms with E-state index in [1.54, 1.807) is 10.7 Å². The third-order valence-electron chi connectivity index (χ3n) is 2.98. The molecule has 0 saturated carbocycles. The van der Waals surface area contributed by atoms with Crippen LogP contribution in [0.5, 0.6) is 0 Å². The van der Waals surface area contributed by atoms with Gasteiger partial charge < -0.3 is 11.1 Å². The fourth-order valence-electron chi connectivity index (χ4n) is 1.85. The Morgan fingerprint density at radius 1 is 1.47 bits per heavy atom. The van der Waals surface area contributed by atoms with Crippen molar-refractivity contribution >= 4 is 11.5 Å². The molecule has 0 spiro atoms. The highest BCUT2D eigenvalue weighted by atomic mass is 15.2. The number of rotatable bonds is 6. The summed E-state index contributed by atoms with van der Waals surface area (Å²) >= 11 is 0. The van der Waals surface area contributed by atoms with Crippen molar-refractivity contribution in [1.82, 2.24) is 14.6 Å². The number of hydrogen-bond donors (Lipinski definition) is 2. The highest BCUT2D eigenvalue weighted by Gasteiger charge is 2.05. The zero-order valence-electron chi connectivity index (χ0n) is 10.1. The van der Waals surface area contributed by atoms with Crippen molar-refractivity contribution in [2.75, 3.05) is 18.4 Å². The molecule has 1 unspecified atom stereocenters. The molecule has 0 aliphatic carbocycles. The molecule has 2 aromatic heterocycles. The second-order valence-electron chi connectivity index (χ2n) is 4.18. The lowest BCUT2D eigenvalue weighted by atomic mass is 10.0. The van der Waals surface area contributed by atoms with Crippen molar-refractivity contribution < 1.29 is 0 Å². The lowest BCUT2D eigenvalue weighted by Gasteiger charge is -2.14. The lowest BCUT2D eigenvalue weighted by Crippen LogP contribution is -2.18. The Labute approximate surface area is 101 Å². The number of fused-ring (bicyclic) bond motifs is 1. The molecule has 0 fully saturated rings. The molecule has 0 radical (unpaired) electrons. The van der Waals surface area contributed by atoms with E-state index < -0.39 is 0 Å². The van der Waals surface area contributed by atoms with Gasteiger partial charge in [0.25, 0.3) is 0 Å². The summed E-state index contributed by atoms with van der Waals surface area (Å²) in [5, 5.41) is 7.47. The number of nitrogens with zero attached hydrogens (tertiary/aromatic N) is 3. The molecule has 5 heteroatoms. The van der Waals surface area contributed by atoms with Gasteiger partial charge in [0.2, 0.25) is 0 Å². The molecule has 1 atom stereocenters. The summed E-state index contributed by atoms with van der Waals surface area (Å²) in [6.07, 6.45) is 5.85. The third kappa shape index (κ3) is 2.94. The van der Waals surface area contributed by atoms with E-state index >= 15 is 0 Å². The first kappa shape index (κ1) is 11.9. The van der Waals surface area contributed by atoms with Crippen LogP contribution >= 0.6 is 0 Å². The van der Waals surface area contributed by atoms with Crippen LogP contribution < -0.4 is 11.1 Å². The van der Waals surface area contributed by atoms with Gasteiger partial charge in [-0.1, -0.05) is 13.3 Å². The van der Waals surface area contributed by atoms with E-state index in [4.69, 9.17) is 5.73 Å². The molecular formula is C12H19N5. The van der Waals surface area contributed by atoms with E-state index in [1.807, 2.05) is 18.3 Å². The number of nitrogens with one attached hydrogen (secondary N) is 1. The Balaban J connectivity index is 1.97. The Kier molecular flexibility index (Phi) is 3.93. The lowest BCUT2D eigenvalue weighted by molar-refractivity contribution is 0.501. The quantitative estimate of drug-likeness (QED) is 0.793. The van der Waals surface area contributed by atoms with Gasteiger partial charge in [-0.25, -0.2) is 9.50 Å². The van der Waals surface area contributed by atoms with Gasteiger partial charge >= 0.3 is 0 Å². The maximum atomic E-state index is 5.58. The average Bonchev–Trinajstić information content (AvgIpc) is 2.81. The van der Waals surface area contributed by atoms with Crippen molar-refractivity contribution in [3.05, 3.63) is 24.5 Å². The van der Waals surface area contributed by atoms with Crippen molar-refractivity contribution in [2.45, 2.75) is 19.8 Å². The fourth-order valence-corrected chi connectivity index (χ4v) is 1.85. The largest absolute Gasteiger partial charge is 0.370 e. The first-order valence-corrected chi connectivity index (χ1v) is 6.07. The molecule has 2 rings (SSSR count). The summed E-state index contributed by atoms with van der Waals surface area (Å²) in [5.74, 6) is 1.51. The highest BCUT2D eigenvalue weighted by Crippen LogP contribution is 2.10. The molecule has 0 aliphatic rings. The van der Waals surface area contributed by atoms with Crippen LogP contribution in [0.2, 0.25) is 0 Å². The molecular weight excluding hydrogens is 214 g/mol. The molecule has 2 aromatic rings. The monoisotopic (exact) mass is 233 g/mol. The maximum Gasteiger partial charge on any atom is 0.157 e. The summed E-state index contributed by atoms with van der Waals surface area (Å²) in [5.41, 5.74) is 6.44. The number of anilines is 1. The molecule has 0 aromatic carbocycles. The van der Waals surface area contributed by atoms with Crippen LogP contribution in [0, 0.1) is 5.92 Å². The number of hydrogen-bond acceptors (Lipinski definition) is 4. The average molecular weight is 233 g/mol. The normalized spacial score (nSPS) is 12.8. The predicted octanol–water partition coefficient (Wildman–Crippen LogP) is 1.52. The molecule has 0 amide bonds. The van der Waals surface area contributed by atoms with Crippen LogP contribution in [0.1, 0.15) is 19.8 Å². The second-order valence-corrected chi connectivity index (χ2v) is 4.18. The molecule has 0 bridgehead atoms. The van der Waals surface area contributed by atoms with Crippen LogP contribution in [-0.4, -0.2) is 27.7 Å². The Morgan fingerprint density at radius 2 is 2.35 bits per heavy atom. The highest BCUT2D eigenvalue weighted by molar-refractivity contribution is 5.45. The van der Waals surface area contributed by atoms with Gasteiger partial charge in [-0.15, -0.1) is 0 Å². The van der Waals surface area contributed by atoms with Crippen LogP contribution in [0.3, 0.4) is 0 Å². The van der Waals surface area contributed by atoms with E-state index in [-0.39, 0.29) is 0 Å². The fraction of sp³-hybridized carbons (Fsp3) is 0.500. The van der Waals surface area contributed by atoms with E-state index in [1.165, 1.54) is 0 Å². The second kappa shape index (κ2) is 5.63. The van der Waals surface area contributed by atoms with Gasteiger partial charge in [0.1, 0.15) is 5.82 Å². The zero-order chi connectivity index (χ0) is 12.1. The number of nitrogens with two attached hydrogens (primary N) is 1. The molecule has 5 nitrogen and oxygen atoms in total. The summed E-state index contributed by atoms with van der Waals surface area (Å²) in [7, 11) is 0. The molecule has 3 N–H and O–H groups in total. The van der Waals surface area contributed by atoms with Gasteiger partial charge in [-0.2, -0.15) is 5.10 Å². The van der Waals surface area contributed by atoms with Crippen molar-refractivity contribution in [3.63, 3.8) is 0 Å². The Hall–Kier alpha value is -1.62. The van der Waals surface area contributed by atoms with Crippen LogP contribution in [0.4, 0.5) is 5.82 Å². The molecule has 0 aliphatic heterocycles. The standard InChI is InChI=1S/C12H19N5/c1-2-10(3-6-13)9-14-11-5-8-17-12(16-11)4-7-15-17/h4-5,7-8,10H,2-3,6,9,13H2,1H3,(H,14,16). The Bertz CT molecular complexity index is 465. The van der Waals surface area contributed by atoms with Gasteiger partial charge in [0.15, 0.2) is 5.65 Å². The van der Waals surface area contributed by atoms with Gasteiger partial charge in [-0.3, -0.25) is 0 Å². The minimum atomic E-state index is 0.614. The van der Waals surface area contributed by atoms with Crippen LogP contribution in [0.15, 0.2) is 24.5 Å². The first-order chi connectivity index (χ1) is 8.33. The summed E-state index contributed by atoms with van der Waals surface area (Å²) in [6, 6.07) is 3.83. The van der Waals surface area contributed by atoms with E-state index in [0.29, 0.717) is 5.92 Å². The van der Waals surface area contributed by atoms with Crippen molar-refractivity contribution in [3.8, 4) is 0 Å². The third-order valence-corrected chi connectivity index (χ3v) is 2.98. The van der Waals surface area contributed by atoms with Crippen molar-refractivity contribution in [2.24, 2.45) is 11.7 Å². The Morgan fingerprint density at radius 3 is 3.12 bits per heavy atom. The molecule has 17 heavy (non-hydrogen) atoms. The zero-order valence-corrected chi connectivity index (χ0v) is 10.1. The summed E-state index contributed by atoms with van der Waals surface area (Å²) in [6.45, 7) is 3.86. The molecule has 2 heterocycles. The minimum Gasteiger partial charge on any atom is -0.370 e. The number of aromatic nitrogens is 3. The molecule has 0 saturated heterocycles. The smallest absolute Gasteiger partial charge is 0.157 e. The summed E-state index contributed by atoms with van der Waals surface area (Å²) in [4.78, 5) is 4.46. The van der Waals surface area contributed by atoms with Gasteiger partial charge in [0.05, 0.1) is 6.20 Å². The maximum absolute atomic E-state index is 5.58. The van der Waals surface area contributed by atoms with E-state index in [9.17, 15) is 0 Å². The SMILES string of the molecule is CCC(CCN)CNc1ccn2nccc2n1. The summed E-state index contributed by atoms with van der Waals surface area (Å²) < 4.78 is 1.75. The van der Waals surface area contributed by atoms with Crippen molar-refractivity contribution in [1.29, 1.82) is 0 Å². The predicted molar refractivity (Wildman–Crippen MR) is 68.9 cm³/mol. The van der Waals surface area contributed by atoms with Gasteiger partial charge in [0, 0.05) is 18.8 Å².